The number of guanidine groups is 1. The second-order valence-electron chi connectivity index (χ2n) is 4.23. The highest BCUT2D eigenvalue weighted by molar-refractivity contribution is 14.0. The minimum Gasteiger partial charge on any atom is -0.352 e. The molecular formula is C13H18ClIN4S2. The molecule has 2 rings (SSSR count). The fourth-order valence-corrected chi connectivity index (χ4v) is 3.51. The molecule has 0 radical (unpaired) electrons. The molecule has 0 atom stereocenters. The van der Waals surface area contributed by atoms with Gasteiger partial charge in [-0.15, -0.1) is 46.7 Å². The van der Waals surface area contributed by atoms with Gasteiger partial charge in [-0.05, 0) is 26.0 Å². The molecule has 0 aromatic carbocycles. The second-order valence-corrected chi connectivity index (χ2v) is 7.32. The zero-order chi connectivity index (χ0) is 14.5. The SMILES string of the molecule is CN=C(NCc1ccc(Cl)s1)NCc1nc(C)c(C)s1.I. The third kappa shape index (κ3) is 5.72. The number of thiazole rings is 1. The first-order valence-corrected chi connectivity index (χ1v) is 8.21. The van der Waals surface area contributed by atoms with E-state index in [0.717, 1.165) is 21.0 Å². The van der Waals surface area contributed by atoms with Crippen LogP contribution >= 0.6 is 58.3 Å². The zero-order valence-corrected chi connectivity index (χ0v) is 16.8. The van der Waals surface area contributed by atoms with Gasteiger partial charge in [0.2, 0.25) is 0 Å². The average Bonchev–Trinajstić information content (AvgIpc) is 2.97. The number of halogens is 2. The van der Waals surface area contributed by atoms with E-state index in [0.29, 0.717) is 13.1 Å². The Labute approximate surface area is 155 Å². The Morgan fingerprint density at radius 1 is 1.24 bits per heavy atom. The molecule has 0 aliphatic carbocycles. The molecule has 0 aliphatic heterocycles. The lowest BCUT2D eigenvalue weighted by Gasteiger charge is -2.09. The summed E-state index contributed by atoms with van der Waals surface area (Å²) in [6, 6.07) is 3.92. The van der Waals surface area contributed by atoms with E-state index < -0.39 is 0 Å². The van der Waals surface area contributed by atoms with Gasteiger partial charge < -0.3 is 10.6 Å². The third-order valence-electron chi connectivity index (χ3n) is 2.76. The first-order chi connectivity index (χ1) is 9.58. The lowest BCUT2D eigenvalue weighted by atomic mass is 10.4. The number of hydrogen-bond acceptors (Lipinski definition) is 4. The van der Waals surface area contributed by atoms with Gasteiger partial charge in [0.15, 0.2) is 5.96 Å². The van der Waals surface area contributed by atoms with Crippen LogP contribution in [0.25, 0.3) is 0 Å². The number of nitrogens with one attached hydrogen (secondary N) is 2. The molecule has 0 bridgehead atoms. The molecule has 2 N–H and O–H groups in total. The summed E-state index contributed by atoms with van der Waals surface area (Å²) in [5.74, 6) is 0.764. The molecule has 0 fully saturated rings. The van der Waals surface area contributed by atoms with Crippen LogP contribution in [0.15, 0.2) is 17.1 Å². The first-order valence-electron chi connectivity index (χ1n) is 6.20. The van der Waals surface area contributed by atoms with Crippen LogP contribution in [0.3, 0.4) is 0 Å². The molecule has 21 heavy (non-hydrogen) atoms. The normalized spacial score (nSPS) is 11.1. The summed E-state index contributed by atoms with van der Waals surface area (Å²) >= 11 is 9.19. The predicted octanol–water partition coefficient (Wildman–Crippen LogP) is 3.96. The number of nitrogens with zero attached hydrogens (tertiary/aromatic N) is 2. The van der Waals surface area contributed by atoms with Crippen LogP contribution in [0, 0.1) is 13.8 Å². The van der Waals surface area contributed by atoms with Crippen molar-refractivity contribution in [2.45, 2.75) is 26.9 Å². The van der Waals surface area contributed by atoms with Gasteiger partial charge in [-0.3, -0.25) is 4.99 Å². The Balaban J connectivity index is 0.00000220. The van der Waals surface area contributed by atoms with E-state index in [-0.39, 0.29) is 24.0 Å². The van der Waals surface area contributed by atoms with Gasteiger partial charge in [0.25, 0.3) is 0 Å². The largest absolute Gasteiger partial charge is 0.352 e. The second kappa shape index (κ2) is 8.92. The van der Waals surface area contributed by atoms with E-state index in [2.05, 4.69) is 27.5 Å². The number of rotatable bonds is 4. The van der Waals surface area contributed by atoms with Crippen LogP contribution in [-0.2, 0) is 13.1 Å². The average molecular weight is 457 g/mol. The fourth-order valence-electron chi connectivity index (χ4n) is 1.61. The van der Waals surface area contributed by atoms with Crippen molar-refractivity contribution in [1.29, 1.82) is 0 Å². The molecule has 0 saturated carbocycles. The maximum Gasteiger partial charge on any atom is 0.191 e. The van der Waals surface area contributed by atoms with Gasteiger partial charge in [-0.1, -0.05) is 11.6 Å². The Morgan fingerprint density at radius 2 is 1.95 bits per heavy atom. The minimum absolute atomic E-state index is 0. The molecular weight excluding hydrogens is 439 g/mol. The molecule has 0 amide bonds. The van der Waals surface area contributed by atoms with Gasteiger partial charge >= 0.3 is 0 Å². The van der Waals surface area contributed by atoms with Crippen molar-refractivity contribution in [3.05, 3.63) is 36.9 Å². The van der Waals surface area contributed by atoms with Crippen molar-refractivity contribution in [3.63, 3.8) is 0 Å². The molecule has 116 valence electrons. The highest BCUT2D eigenvalue weighted by Gasteiger charge is 2.05. The topological polar surface area (TPSA) is 49.3 Å². The lowest BCUT2D eigenvalue weighted by Crippen LogP contribution is -2.36. The van der Waals surface area contributed by atoms with Gasteiger partial charge in [-0.25, -0.2) is 4.98 Å². The Bertz CT molecular complexity index is 590. The summed E-state index contributed by atoms with van der Waals surface area (Å²) in [6.07, 6.45) is 0. The van der Waals surface area contributed by atoms with Crippen molar-refractivity contribution >= 4 is 64.2 Å². The van der Waals surface area contributed by atoms with Crippen LogP contribution < -0.4 is 10.6 Å². The van der Waals surface area contributed by atoms with Gasteiger partial charge in [0.1, 0.15) is 5.01 Å². The monoisotopic (exact) mass is 456 g/mol. The van der Waals surface area contributed by atoms with E-state index in [1.165, 1.54) is 9.75 Å². The highest BCUT2D eigenvalue weighted by Crippen LogP contribution is 2.21. The number of aryl methyl sites for hydroxylation is 2. The van der Waals surface area contributed by atoms with Crippen LogP contribution in [-0.4, -0.2) is 18.0 Å². The molecule has 0 spiro atoms. The van der Waals surface area contributed by atoms with E-state index in [1.807, 2.05) is 19.1 Å². The van der Waals surface area contributed by atoms with Gasteiger partial charge in [-0.2, -0.15) is 0 Å². The molecule has 0 saturated heterocycles. The number of hydrogen-bond donors (Lipinski definition) is 2. The molecule has 0 unspecified atom stereocenters. The number of aromatic nitrogens is 1. The molecule has 8 heteroatoms. The maximum absolute atomic E-state index is 5.91. The molecule has 2 heterocycles. The van der Waals surface area contributed by atoms with E-state index in [1.54, 1.807) is 29.7 Å². The van der Waals surface area contributed by atoms with Crippen molar-refractivity contribution in [3.8, 4) is 0 Å². The van der Waals surface area contributed by atoms with Crippen molar-refractivity contribution < 1.29 is 0 Å². The van der Waals surface area contributed by atoms with Crippen molar-refractivity contribution in [1.82, 2.24) is 15.6 Å². The van der Waals surface area contributed by atoms with Crippen LogP contribution in [0.1, 0.15) is 20.5 Å². The van der Waals surface area contributed by atoms with Crippen LogP contribution in [0.5, 0.6) is 0 Å². The number of aliphatic imine (C=N–C) groups is 1. The van der Waals surface area contributed by atoms with Crippen LogP contribution in [0.4, 0.5) is 0 Å². The molecule has 4 nitrogen and oxygen atoms in total. The summed E-state index contributed by atoms with van der Waals surface area (Å²) in [7, 11) is 1.76. The minimum atomic E-state index is 0. The van der Waals surface area contributed by atoms with E-state index in [9.17, 15) is 0 Å². The predicted molar refractivity (Wildman–Crippen MR) is 103 cm³/mol. The fraction of sp³-hybridized carbons (Fsp3) is 0.385. The smallest absolute Gasteiger partial charge is 0.191 e. The van der Waals surface area contributed by atoms with Gasteiger partial charge in [0.05, 0.1) is 23.1 Å². The lowest BCUT2D eigenvalue weighted by molar-refractivity contribution is 0.809. The first kappa shape index (κ1) is 18.7. The molecule has 2 aromatic heterocycles. The van der Waals surface area contributed by atoms with E-state index >= 15 is 0 Å². The Morgan fingerprint density at radius 3 is 2.48 bits per heavy atom. The molecule has 2 aromatic rings. The van der Waals surface area contributed by atoms with Crippen LogP contribution in [0.2, 0.25) is 4.34 Å². The maximum atomic E-state index is 5.91. The Hall–Kier alpha value is -0.380. The van der Waals surface area contributed by atoms with Gasteiger partial charge in [0, 0.05) is 16.8 Å². The van der Waals surface area contributed by atoms with E-state index in [4.69, 9.17) is 11.6 Å². The molecule has 0 aliphatic rings. The number of thiophene rings is 1. The van der Waals surface area contributed by atoms with Crippen molar-refractivity contribution in [2.75, 3.05) is 7.05 Å². The summed E-state index contributed by atoms with van der Waals surface area (Å²) in [4.78, 5) is 11.1. The summed E-state index contributed by atoms with van der Waals surface area (Å²) in [5, 5.41) is 7.59. The van der Waals surface area contributed by atoms with Crippen molar-refractivity contribution in [2.24, 2.45) is 4.99 Å². The Kier molecular flexibility index (Phi) is 7.93. The third-order valence-corrected chi connectivity index (χ3v) is 5.07. The summed E-state index contributed by atoms with van der Waals surface area (Å²) in [5.41, 5.74) is 1.10. The highest BCUT2D eigenvalue weighted by atomic mass is 127. The standard InChI is InChI=1S/C13H17ClN4S2.HI/c1-8-9(2)19-12(18-8)7-17-13(15-3)16-6-10-4-5-11(14)20-10;/h4-5H,6-7H2,1-3H3,(H2,15,16,17);1H. The quantitative estimate of drug-likeness (QED) is 0.416. The summed E-state index contributed by atoms with van der Waals surface area (Å²) in [6.45, 7) is 5.52. The summed E-state index contributed by atoms with van der Waals surface area (Å²) < 4.78 is 0.804. The zero-order valence-electron chi connectivity index (χ0n) is 12.1.